The maximum atomic E-state index is 8.12. The van der Waals surface area contributed by atoms with E-state index in [1.54, 1.807) is 0 Å². The Morgan fingerprint density at radius 2 is 1.23 bits per heavy atom. The fourth-order valence-electron chi connectivity index (χ4n) is 3.36. The molecule has 30 heavy (non-hydrogen) atoms. The number of alkyl halides is 3. The van der Waals surface area contributed by atoms with Crippen LogP contribution in [0.4, 0.5) is 0 Å². The Morgan fingerprint density at radius 3 is 1.67 bits per heavy atom. The minimum absolute atomic E-state index is 0.0149. The van der Waals surface area contributed by atoms with Crippen LogP contribution in [-0.2, 0) is 4.74 Å². The predicted octanol–water partition coefficient (Wildman–Crippen LogP) is 7.65. The van der Waals surface area contributed by atoms with Crippen molar-refractivity contribution in [1.29, 1.82) is 5.41 Å². The number of benzene rings is 3. The topological polar surface area (TPSA) is 33.1 Å². The number of rotatable bonds is 7. The van der Waals surface area contributed by atoms with Crippen molar-refractivity contribution in [2.24, 2.45) is 0 Å². The molecule has 0 saturated carbocycles. The summed E-state index contributed by atoms with van der Waals surface area (Å²) in [6.45, 7) is 4.25. The third-order valence-electron chi connectivity index (χ3n) is 4.90. The summed E-state index contributed by atoms with van der Waals surface area (Å²) < 4.78 is 3.95. The minimum atomic E-state index is -1.94. The first kappa shape index (κ1) is 22.4. The third kappa shape index (κ3) is 5.89. The van der Waals surface area contributed by atoms with Crippen molar-refractivity contribution in [3.8, 4) is 0 Å². The zero-order chi connectivity index (χ0) is 21.6. The number of ether oxygens (including phenoxy) is 1. The Labute approximate surface area is 192 Å². The second-order valence-corrected chi connectivity index (χ2v) is 9.22. The highest BCUT2D eigenvalue weighted by Crippen LogP contribution is 2.36. The first-order chi connectivity index (χ1) is 14.4. The first-order valence-corrected chi connectivity index (χ1v) is 10.7. The summed E-state index contributed by atoms with van der Waals surface area (Å²) in [6.07, 6.45) is -0.0221. The molecule has 0 amide bonds. The second-order valence-electron chi connectivity index (χ2n) is 6.93. The van der Waals surface area contributed by atoms with E-state index < -0.39 is 15.8 Å². The van der Waals surface area contributed by atoms with Gasteiger partial charge in [-0.2, -0.15) is 0 Å². The van der Waals surface area contributed by atoms with Crippen LogP contribution in [0.2, 0.25) is 0 Å². The molecule has 0 aliphatic carbocycles. The average molecular weight is 459 g/mol. The van der Waals surface area contributed by atoms with Crippen LogP contribution in [0.3, 0.4) is 0 Å². The van der Waals surface area contributed by atoms with E-state index in [4.69, 9.17) is 44.9 Å². The maximum absolute atomic E-state index is 8.12. The molecule has 2 nitrogen and oxygen atoms in total. The summed E-state index contributed by atoms with van der Waals surface area (Å²) in [5, 5.41) is 8.12. The quantitative estimate of drug-likeness (QED) is 0.220. The normalized spacial score (nSPS) is 12.4. The SMILES string of the molecule is C=C(c1ccccc1)C(CC(c1ccccc1)c1ccccc1)OC(=N)C(Cl)(Cl)Cl. The lowest BCUT2D eigenvalue weighted by Gasteiger charge is -2.28. The van der Waals surface area contributed by atoms with E-state index in [9.17, 15) is 0 Å². The van der Waals surface area contributed by atoms with Gasteiger partial charge in [-0.1, -0.05) is 132 Å². The summed E-state index contributed by atoms with van der Waals surface area (Å²) in [4.78, 5) is 0. The molecular weight excluding hydrogens is 437 g/mol. The molecule has 0 aliphatic rings. The van der Waals surface area contributed by atoms with Crippen molar-refractivity contribution < 1.29 is 4.74 Å². The van der Waals surface area contributed by atoms with Crippen molar-refractivity contribution >= 4 is 46.3 Å². The largest absolute Gasteiger partial charge is 0.470 e. The van der Waals surface area contributed by atoms with Gasteiger partial charge in [-0.15, -0.1) is 0 Å². The van der Waals surface area contributed by atoms with Crippen molar-refractivity contribution in [1.82, 2.24) is 0 Å². The molecule has 0 bridgehead atoms. The van der Waals surface area contributed by atoms with E-state index in [1.807, 2.05) is 66.7 Å². The van der Waals surface area contributed by atoms with Gasteiger partial charge in [0.2, 0.25) is 5.90 Å². The van der Waals surface area contributed by atoms with Gasteiger partial charge in [0.15, 0.2) is 0 Å². The fraction of sp³-hybridized carbons (Fsp3) is 0.160. The fourth-order valence-corrected chi connectivity index (χ4v) is 3.49. The molecule has 1 unspecified atom stereocenters. The molecule has 0 saturated heterocycles. The van der Waals surface area contributed by atoms with Crippen molar-refractivity contribution in [3.05, 3.63) is 114 Å². The maximum Gasteiger partial charge on any atom is 0.265 e. The monoisotopic (exact) mass is 457 g/mol. The summed E-state index contributed by atoms with van der Waals surface area (Å²) in [7, 11) is 0. The van der Waals surface area contributed by atoms with Gasteiger partial charge in [-0.05, 0) is 28.7 Å². The van der Waals surface area contributed by atoms with Crippen LogP contribution in [0.15, 0.2) is 97.6 Å². The van der Waals surface area contributed by atoms with Crippen molar-refractivity contribution in [2.45, 2.75) is 22.2 Å². The van der Waals surface area contributed by atoms with Crippen LogP contribution in [0, 0.1) is 5.41 Å². The van der Waals surface area contributed by atoms with Crippen molar-refractivity contribution in [3.63, 3.8) is 0 Å². The van der Waals surface area contributed by atoms with Crippen LogP contribution in [0.1, 0.15) is 29.0 Å². The van der Waals surface area contributed by atoms with Gasteiger partial charge in [0.1, 0.15) is 6.10 Å². The van der Waals surface area contributed by atoms with Crippen LogP contribution >= 0.6 is 34.8 Å². The van der Waals surface area contributed by atoms with Crippen LogP contribution in [0.5, 0.6) is 0 Å². The number of hydrogen-bond donors (Lipinski definition) is 1. The molecule has 0 heterocycles. The first-order valence-electron chi connectivity index (χ1n) is 9.52. The molecule has 0 aliphatic heterocycles. The number of nitrogens with one attached hydrogen (secondary N) is 1. The van der Waals surface area contributed by atoms with E-state index in [2.05, 4.69) is 30.8 Å². The lowest BCUT2D eigenvalue weighted by Crippen LogP contribution is -2.29. The van der Waals surface area contributed by atoms with Gasteiger partial charge in [-0.25, -0.2) is 0 Å². The molecule has 0 spiro atoms. The third-order valence-corrected chi connectivity index (χ3v) is 5.42. The van der Waals surface area contributed by atoms with Crippen molar-refractivity contribution in [2.75, 3.05) is 0 Å². The highest BCUT2D eigenvalue weighted by Gasteiger charge is 2.33. The lowest BCUT2D eigenvalue weighted by molar-refractivity contribution is 0.221. The second kappa shape index (κ2) is 10.2. The predicted molar refractivity (Wildman–Crippen MR) is 128 cm³/mol. The van der Waals surface area contributed by atoms with E-state index in [0.717, 1.165) is 22.3 Å². The van der Waals surface area contributed by atoms with Gasteiger partial charge in [0.05, 0.1) is 0 Å². The Morgan fingerprint density at radius 1 is 0.800 bits per heavy atom. The summed E-state index contributed by atoms with van der Waals surface area (Å²) in [5.74, 6) is -0.407. The van der Waals surface area contributed by atoms with Gasteiger partial charge < -0.3 is 4.74 Å². The minimum Gasteiger partial charge on any atom is -0.470 e. The Balaban J connectivity index is 1.98. The molecule has 3 aromatic rings. The van der Waals surface area contributed by atoms with Gasteiger partial charge in [-0.3, -0.25) is 5.41 Å². The van der Waals surface area contributed by atoms with Gasteiger partial charge >= 0.3 is 0 Å². The Bertz CT molecular complexity index is 930. The molecular formula is C25H22Cl3NO. The van der Waals surface area contributed by atoms with Crippen LogP contribution < -0.4 is 0 Å². The standard InChI is InChI=1S/C25H22Cl3NO/c1-18(19-11-5-2-6-12-19)23(30-24(29)25(26,27)28)17-22(20-13-7-3-8-14-20)21-15-9-4-10-16-21/h2-16,22-23,29H,1,17H2. The zero-order valence-corrected chi connectivity index (χ0v) is 18.5. The molecule has 5 heteroatoms. The smallest absolute Gasteiger partial charge is 0.265 e. The molecule has 0 fully saturated rings. The lowest BCUT2D eigenvalue weighted by atomic mass is 9.84. The molecule has 3 rings (SSSR count). The molecule has 1 atom stereocenters. The molecule has 3 aromatic carbocycles. The summed E-state index contributed by atoms with van der Waals surface area (Å²) >= 11 is 17.7. The molecule has 0 radical (unpaired) electrons. The Kier molecular flexibility index (Phi) is 7.60. The van der Waals surface area contributed by atoms with Crippen LogP contribution in [0.25, 0.3) is 5.57 Å². The highest BCUT2D eigenvalue weighted by molar-refractivity contribution is 6.76. The van der Waals surface area contributed by atoms with Gasteiger partial charge in [0, 0.05) is 5.92 Å². The number of halogens is 3. The van der Waals surface area contributed by atoms with Gasteiger partial charge in [0.25, 0.3) is 3.79 Å². The Hall–Kier alpha value is -2.26. The van der Waals surface area contributed by atoms with E-state index in [0.29, 0.717) is 6.42 Å². The molecule has 0 aromatic heterocycles. The highest BCUT2D eigenvalue weighted by atomic mass is 35.6. The van der Waals surface area contributed by atoms with E-state index in [1.165, 1.54) is 0 Å². The average Bonchev–Trinajstić information content (AvgIpc) is 2.77. The summed E-state index contributed by atoms with van der Waals surface area (Å²) in [6, 6.07) is 30.1. The van der Waals surface area contributed by atoms with E-state index in [-0.39, 0.29) is 5.92 Å². The zero-order valence-electron chi connectivity index (χ0n) is 16.3. The van der Waals surface area contributed by atoms with Crippen LogP contribution in [-0.4, -0.2) is 15.8 Å². The molecule has 154 valence electrons. The number of hydrogen-bond acceptors (Lipinski definition) is 2. The van der Waals surface area contributed by atoms with E-state index >= 15 is 0 Å². The summed E-state index contributed by atoms with van der Waals surface area (Å²) in [5.41, 5.74) is 3.92. The molecule has 1 N–H and O–H groups in total.